The number of sulfonamides is 1. The molecule has 26 heavy (non-hydrogen) atoms. The molecule has 1 unspecified atom stereocenters. The topological polar surface area (TPSA) is 40.6 Å². The SMILES string of the molecule is CC(c1ccccc1)N1CCN(S(=O)(=O)c2ccc3c(c2)CCC3)CC1. The zero-order valence-electron chi connectivity index (χ0n) is 15.3. The minimum absolute atomic E-state index is 0.307. The third kappa shape index (κ3) is 3.31. The monoisotopic (exact) mass is 370 g/mol. The summed E-state index contributed by atoms with van der Waals surface area (Å²) in [7, 11) is -3.39. The first-order chi connectivity index (χ1) is 12.6. The van der Waals surface area contributed by atoms with Crippen LogP contribution in [0.1, 0.15) is 36.1 Å². The molecule has 5 heteroatoms. The highest BCUT2D eigenvalue weighted by Crippen LogP contribution is 2.28. The van der Waals surface area contributed by atoms with Gasteiger partial charge >= 0.3 is 0 Å². The molecule has 0 spiro atoms. The van der Waals surface area contributed by atoms with Crippen molar-refractivity contribution in [2.45, 2.75) is 37.1 Å². The molecule has 1 atom stereocenters. The largest absolute Gasteiger partial charge is 0.294 e. The molecule has 1 aliphatic heterocycles. The van der Waals surface area contributed by atoms with Crippen molar-refractivity contribution < 1.29 is 8.42 Å². The van der Waals surface area contributed by atoms with Crippen molar-refractivity contribution in [1.29, 1.82) is 0 Å². The Kier molecular flexibility index (Phi) is 4.86. The molecule has 4 nitrogen and oxygen atoms in total. The predicted molar refractivity (Wildman–Crippen MR) is 104 cm³/mol. The maximum atomic E-state index is 13.0. The molecule has 0 amide bonds. The fourth-order valence-corrected chi connectivity index (χ4v) is 5.60. The summed E-state index contributed by atoms with van der Waals surface area (Å²) >= 11 is 0. The van der Waals surface area contributed by atoms with Gasteiger partial charge in [-0.3, -0.25) is 4.90 Å². The molecule has 0 N–H and O–H groups in total. The van der Waals surface area contributed by atoms with Crippen LogP contribution >= 0.6 is 0 Å². The van der Waals surface area contributed by atoms with E-state index in [-0.39, 0.29) is 0 Å². The summed E-state index contributed by atoms with van der Waals surface area (Å²) in [5.74, 6) is 0. The quantitative estimate of drug-likeness (QED) is 0.830. The number of fused-ring (bicyclic) bond motifs is 1. The zero-order valence-corrected chi connectivity index (χ0v) is 16.1. The third-order valence-electron chi connectivity index (χ3n) is 5.81. The normalized spacial score (nSPS) is 20.0. The van der Waals surface area contributed by atoms with Crippen LogP contribution in [0, 0.1) is 0 Å². The van der Waals surface area contributed by atoms with Crippen LogP contribution < -0.4 is 0 Å². The molecule has 2 aromatic carbocycles. The summed E-state index contributed by atoms with van der Waals surface area (Å²) in [6.07, 6.45) is 3.21. The van der Waals surface area contributed by atoms with Gasteiger partial charge in [-0.2, -0.15) is 4.31 Å². The van der Waals surface area contributed by atoms with Gasteiger partial charge in [-0.05, 0) is 55.0 Å². The Morgan fingerprint density at radius 3 is 2.31 bits per heavy atom. The summed E-state index contributed by atoms with van der Waals surface area (Å²) in [6, 6.07) is 16.4. The number of hydrogen-bond acceptors (Lipinski definition) is 3. The maximum absolute atomic E-state index is 13.0. The van der Waals surface area contributed by atoms with E-state index in [2.05, 4.69) is 36.1 Å². The molecule has 2 aliphatic rings. The highest BCUT2D eigenvalue weighted by molar-refractivity contribution is 7.89. The number of piperazine rings is 1. The molecule has 4 rings (SSSR count). The van der Waals surface area contributed by atoms with Crippen molar-refractivity contribution in [3.8, 4) is 0 Å². The minimum atomic E-state index is -3.39. The van der Waals surface area contributed by atoms with E-state index in [1.54, 1.807) is 10.4 Å². The standard InChI is InChI=1S/C21H26N2O2S/c1-17(18-6-3-2-4-7-18)22-12-14-23(15-13-22)26(24,25)21-11-10-19-8-5-9-20(19)16-21/h2-4,6-7,10-11,16-17H,5,8-9,12-15H2,1H3. The summed E-state index contributed by atoms with van der Waals surface area (Å²) in [5, 5.41) is 0. The van der Waals surface area contributed by atoms with Crippen molar-refractivity contribution in [2.24, 2.45) is 0 Å². The van der Waals surface area contributed by atoms with Gasteiger partial charge in [0.15, 0.2) is 0 Å². The minimum Gasteiger partial charge on any atom is -0.294 e. The Bertz CT molecular complexity index is 872. The van der Waals surface area contributed by atoms with Crippen LogP contribution in [0.5, 0.6) is 0 Å². The van der Waals surface area contributed by atoms with Crippen LogP contribution in [0.3, 0.4) is 0 Å². The lowest BCUT2D eigenvalue weighted by molar-refractivity contribution is 0.146. The van der Waals surface area contributed by atoms with E-state index < -0.39 is 10.0 Å². The Labute approximate surface area is 156 Å². The van der Waals surface area contributed by atoms with E-state index in [0.717, 1.165) is 32.4 Å². The molecule has 0 aromatic heterocycles. The van der Waals surface area contributed by atoms with E-state index in [1.165, 1.54) is 16.7 Å². The van der Waals surface area contributed by atoms with E-state index in [9.17, 15) is 8.42 Å². The molecule has 138 valence electrons. The van der Waals surface area contributed by atoms with Gasteiger partial charge in [-0.25, -0.2) is 8.42 Å². The Morgan fingerprint density at radius 2 is 1.58 bits per heavy atom. The summed E-state index contributed by atoms with van der Waals surface area (Å²) in [5.41, 5.74) is 3.80. The lowest BCUT2D eigenvalue weighted by Gasteiger charge is -2.37. The smallest absolute Gasteiger partial charge is 0.243 e. The number of hydrogen-bond donors (Lipinski definition) is 0. The summed E-state index contributed by atoms with van der Waals surface area (Å²) in [6.45, 7) is 4.83. The Hall–Kier alpha value is -1.69. The van der Waals surface area contributed by atoms with Crippen LogP contribution in [0.25, 0.3) is 0 Å². The van der Waals surface area contributed by atoms with E-state index in [0.29, 0.717) is 24.0 Å². The Balaban J connectivity index is 1.45. The number of rotatable bonds is 4. The lowest BCUT2D eigenvalue weighted by Crippen LogP contribution is -2.49. The molecule has 1 aliphatic carbocycles. The second-order valence-electron chi connectivity index (χ2n) is 7.31. The lowest BCUT2D eigenvalue weighted by atomic mass is 10.1. The highest BCUT2D eigenvalue weighted by atomic mass is 32.2. The first-order valence-corrected chi connectivity index (χ1v) is 10.9. The van der Waals surface area contributed by atoms with E-state index >= 15 is 0 Å². The van der Waals surface area contributed by atoms with Crippen molar-refractivity contribution in [3.63, 3.8) is 0 Å². The first-order valence-electron chi connectivity index (χ1n) is 9.46. The molecule has 0 radical (unpaired) electrons. The second kappa shape index (κ2) is 7.14. The van der Waals surface area contributed by atoms with E-state index in [1.807, 2.05) is 18.2 Å². The van der Waals surface area contributed by atoms with Gasteiger partial charge in [0.1, 0.15) is 0 Å². The van der Waals surface area contributed by atoms with Gasteiger partial charge < -0.3 is 0 Å². The fourth-order valence-electron chi connectivity index (χ4n) is 4.13. The molecular weight excluding hydrogens is 344 g/mol. The molecule has 1 heterocycles. The number of benzene rings is 2. The molecule has 0 saturated carbocycles. The molecule has 2 aromatic rings. The van der Waals surface area contributed by atoms with Gasteiger partial charge in [0.25, 0.3) is 0 Å². The van der Waals surface area contributed by atoms with Crippen LogP contribution in [0.15, 0.2) is 53.4 Å². The average Bonchev–Trinajstić information content (AvgIpc) is 3.16. The average molecular weight is 371 g/mol. The van der Waals surface area contributed by atoms with Gasteiger partial charge in [-0.1, -0.05) is 36.4 Å². The van der Waals surface area contributed by atoms with Crippen LogP contribution in [0.2, 0.25) is 0 Å². The van der Waals surface area contributed by atoms with Gasteiger partial charge in [-0.15, -0.1) is 0 Å². The molecule has 1 saturated heterocycles. The highest BCUT2D eigenvalue weighted by Gasteiger charge is 2.30. The fraction of sp³-hybridized carbons (Fsp3) is 0.429. The zero-order chi connectivity index (χ0) is 18.1. The van der Waals surface area contributed by atoms with Crippen LogP contribution in [-0.4, -0.2) is 43.8 Å². The van der Waals surface area contributed by atoms with Crippen molar-refractivity contribution in [2.75, 3.05) is 26.2 Å². The van der Waals surface area contributed by atoms with Crippen molar-refractivity contribution in [1.82, 2.24) is 9.21 Å². The molecule has 1 fully saturated rings. The maximum Gasteiger partial charge on any atom is 0.243 e. The van der Waals surface area contributed by atoms with Crippen LogP contribution in [0.4, 0.5) is 0 Å². The van der Waals surface area contributed by atoms with Gasteiger partial charge in [0.05, 0.1) is 4.90 Å². The summed E-state index contributed by atoms with van der Waals surface area (Å²) < 4.78 is 27.7. The molecule has 0 bridgehead atoms. The van der Waals surface area contributed by atoms with Crippen molar-refractivity contribution >= 4 is 10.0 Å². The van der Waals surface area contributed by atoms with Gasteiger partial charge in [0, 0.05) is 32.2 Å². The predicted octanol–water partition coefficient (Wildman–Crippen LogP) is 3.24. The number of aryl methyl sites for hydroxylation is 2. The summed E-state index contributed by atoms with van der Waals surface area (Å²) in [4.78, 5) is 2.83. The second-order valence-corrected chi connectivity index (χ2v) is 9.25. The first kappa shape index (κ1) is 17.7. The van der Waals surface area contributed by atoms with E-state index in [4.69, 9.17) is 0 Å². The van der Waals surface area contributed by atoms with Gasteiger partial charge in [0.2, 0.25) is 10.0 Å². The van der Waals surface area contributed by atoms with Crippen LogP contribution in [-0.2, 0) is 22.9 Å². The number of nitrogens with zero attached hydrogens (tertiary/aromatic N) is 2. The Morgan fingerprint density at radius 1 is 0.885 bits per heavy atom. The third-order valence-corrected chi connectivity index (χ3v) is 7.71. The molecular formula is C21H26N2O2S. The van der Waals surface area contributed by atoms with Crippen molar-refractivity contribution in [3.05, 3.63) is 65.2 Å².